The molecular formula is C18H27FN4OS. The summed E-state index contributed by atoms with van der Waals surface area (Å²) < 4.78 is 18.4. The fraction of sp³-hybridized carbons (Fsp3) is 0.611. The number of nitrogens with one attached hydrogen (secondary N) is 1. The molecule has 1 N–H and O–H groups in total. The molecule has 0 aliphatic carbocycles. The number of benzene rings is 1. The lowest BCUT2D eigenvalue weighted by molar-refractivity contribution is 0.0376. The summed E-state index contributed by atoms with van der Waals surface area (Å²) in [6, 6.07) is 6.71. The van der Waals surface area contributed by atoms with Gasteiger partial charge in [0.25, 0.3) is 0 Å². The van der Waals surface area contributed by atoms with Crippen LogP contribution in [-0.2, 0) is 4.74 Å². The highest BCUT2D eigenvalue weighted by Gasteiger charge is 2.19. The molecule has 0 spiro atoms. The third kappa shape index (κ3) is 5.52. The van der Waals surface area contributed by atoms with Crippen LogP contribution in [0, 0.1) is 5.82 Å². The standard InChI is InChI=1S/C18H27FN4OS/c19-16-2-4-17(5-3-16)22-8-10-23(11-9-22)18(25)20-6-1-7-21-12-14-24-15-13-21/h2-5H,1,6-15H2,(H,20,25). The third-order valence-electron chi connectivity index (χ3n) is 4.79. The Labute approximate surface area is 154 Å². The van der Waals surface area contributed by atoms with Crippen LogP contribution in [0.1, 0.15) is 6.42 Å². The van der Waals surface area contributed by atoms with Crippen molar-refractivity contribution >= 4 is 23.0 Å². The monoisotopic (exact) mass is 366 g/mol. The van der Waals surface area contributed by atoms with Gasteiger partial charge in [-0.25, -0.2) is 4.39 Å². The maximum Gasteiger partial charge on any atom is 0.169 e. The van der Waals surface area contributed by atoms with E-state index in [-0.39, 0.29) is 5.82 Å². The molecule has 2 fully saturated rings. The molecule has 0 unspecified atom stereocenters. The first-order valence-corrected chi connectivity index (χ1v) is 9.46. The van der Waals surface area contributed by atoms with Crippen molar-refractivity contribution in [3.05, 3.63) is 30.1 Å². The zero-order chi connectivity index (χ0) is 17.5. The van der Waals surface area contributed by atoms with Gasteiger partial charge in [0.1, 0.15) is 5.82 Å². The van der Waals surface area contributed by atoms with Crippen LogP contribution in [0.25, 0.3) is 0 Å². The minimum atomic E-state index is -0.190. The largest absolute Gasteiger partial charge is 0.379 e. The second-order valence-electron chi connectivity index (χ2n) is 6.49. The van der Waals surface area contributed by atoms with Gasteiger partial charge in [-0.3, -0.25) is 4.90 Å². The molecule has 2 saturated heterocycles. The Morgan fingerprint density at radius 2 is 1.72 bits per heavy atom. The van der Waals surface area contributed by atoms with Crippen molar-refractivity contribution < 1.29 is 9.13 Å². The van der Waals surface area contributed by atoms with Crippen LogP contribution in [0.2, 0.25) is 0 Å². The van der Waals surface area contributed by atoms with Crippen LogP contribution in [0.15, 0.2) is 24.3 Å². The zero-order valence-electron chi connectivity index (χ0n) is 14.6. The van der Waals surface area contributed by atoms with Crippen molar-refractivity contribution in [3.8, 4) is 0 Å². The highest BCUT2D eigenvalue weighted by atomic mass is 32.1. The van der Waals surface area contributed by atoms with E-state index in [2.05, 4.69) is 20.0 Å². The molecule has 2 heterocycles. The number of rotatable bonds is 5. The first kappa shape index (κ1) is 18.4. The topological polar surface area (TPSA) is 31.0 Å². The summed E-state index contributed by atoms with van der Waals surface area (Å²) in [4.78, 5) is 6.94. The molecule has 0 radical (unpaired) electrons. The van der Waals surface area contributed by atoms with Gasteiger partial charge in [-0.05, 0) is 49.4 Å². The van der Waals surface area contributed by atoms with E-state index in [9.17, 15) is 4.39 Å². The van der Waals surface area contributed by atoms with Crippen LogP contribution >= 0.6 is 12.2 Å². The van der Waals surface area contributed by atoms with Gasteiger partial charge in [-0.15, -0.1) is 0 Å². The van der Waals surface area contributed by atoms with Crippen molar-refractivity contribution in [1.29, 1.82) is 0 Å². The van der Waals surface area contributed by atoms with Crippen molar-refractivity contribution in [2.45, 2.75) is 6.42 Å². The Bertz CT molecular complexity index is 543. The van der Waals surface area contributed by atoms with Crippen LogP contribution in [0.5, 0.6) is 0 Å². The van der Waals surface area contributed by atoms with E-state index in [0.29, 0.717) is 0 Å². The third-order valence-corrected chi connectivity index (χ3v) is 5.19. The van der Waals surface area contributed by atoms with Crippen molar-refractivity contribution in [2.24, 2.45) is 0 Å². The van der Waals surface area contributed by atoms with Crippen LogP contribution in [-0.4, -0.2) is 80.5 Å². The lowest BCUT2D eigenvalue weighted by atomic mass is 10.2. The highest BCUT2D eigenvalue weighted by Crippen LogP contribution is 2.16. The minimum Gasteiger partial charge on any atom is -0.379 e. The normalized spacial score (nSPS) is 19.1. The maximum absolute atomic E-state index is 13.0. The number of ether oxygens (including phenoxy) is 1. The predicted molar refractivity (Wildman–Crippen MR) is 103 cm³/mol. The van der Waals surface area contributed by atoms with Gasteiger partial charge < -0.3 is 19.9 Å². The first-order valence-electron chi connectivity index (χ1n) is 9.06. The number of nitrogens with zero attached hydrogens (tertiary/aromatic N) is 3. The fourth-order valence-electron chi connectivity index (χ4n) is 3.25. The van der Waals surface area contributed by atoms with E-state index in [4.69, 9.17) is 17.0 Å². The summed E-state index contributed by atoms with van der Waals surface area (Å²) in [5.74, 6) is -0.190. The number of anilines is 1. The summed E-state index contributed by atoms with van der Waals surface area (Å²) >= 11 is 5.53. The molecule has 3 rings (SSSR count). The molecule has 25 heavy (non-hydrogen) atoms. The molecule has 0 amide bonds. The fourth-order valence-corrected chi connectivity index (χ4v) is 3.54. The predicted octanol–water partition coefficient (Wildman–Crippen LogP) is 1.54. The molecule has 0 bridgehead atoms. The molecule has 7 heteroatoms. The minimum absolute atomic E-state index is 0.190. The number of morpholine rings is 1. The van der Waals surface area contributed by atoms with Gasteiger partial charge in [0.05, 0.1) is 13.2 Å². The van der Waals surface area contributed by atoms with Crippen molar-refractivity contribution in [3.63, 3.8) is 0 Å². The zero-order valence-corrected chi connectivity index (χ0v) is 15.4. The van der Waals surface area contributed by atoms with Gasteiger partial charge in [0, 0.05) is 51.5 Å². The summed E-state index contributed by atoms with van der Waals surface area (Å²) in [5, 5.41) is 4.23. The van der Waals surface area contributed by atoms with Gasteiger partial charge in [0.15, 0.2) is 5.11 Å². The summed E-state index contributed by atoms with van der Waals surface area (Å²) in [7, 11) is 0. The maximum atomic E-state index is 13.0. The number of piperazine rings is 1. The molecule has 1 aromatic rings. The Morgan fingerprint density at radius 1 is 1.04 bits per heavy atom. The second-order valence-corrected chi connectivity index (χ2v) is 6.88. The van der Waals surface area contributed by atoms with Crippen LogP contribution < -0.4 is 10.2 Å². The SMILES string of the molecule is Fc1ccc(N2CCN(C(=S)NCCCN3CCOCC3)CC2)cc1. The number of thiocarbonyl (C=S) groups is 1. The van der Waals surface area contributed by atoms with Crippen molar-refractivity contribution in [2.75, 3.05) is 70.5 Å². The molecule has 138 valence electrons. The Balaban J connectivity index is 1.33. The Morgan fingerprint density at radius 3 is 2.40 bits per heavy atom. The van der Waals surface area contributed by atoms with Gasteiger partial charge in [0.2, 0.25) is 0 Å². The number of halogens is 1. The molecule has 0 aromatic heterocycles. The van der Waals surface area contributed by atoms with Crippen LogP contribution in [0.4, 0.5) is 10.1 Å². The molecule has 2 aliphatic rings. The van der Waals surface area contributed by atoms with E-state index >= 15 is 0 Å². The van der Waals surface area contributed by atoms with E-state index in [1.807, 2.05) is 12.1 Å². The van der Waals surface area contributed by atoms with Gasteiger partial charge >= 0.3 is 0 Å². The molecular weight excluding hydrogens is 339 g/mol. The molecule has 1 aromatic carbocycles. The molecule has 0 atom stereocenters. The quantitative estimate of drug-likeness (QED) is 0.629. The van der Waals surface area contributed by atoms with E-state index < -0.39 is 0 Å². The molecule has 5 nitrogen and oxygen atoms in total. The number of hydrogen-bond acceptors (Lipinski definition) is 4. The smallest absolute Gasteiger partial charge is 0.169 e. The lowest BCUT2D eigenvalue weighted by Crippen LogP contribution is -2.52. The summed E-state index contributed by atoms with van der Waals surface area (Å²) in [6.45, 7) is 9.38. The Kier molecular flexibility index (Phi) is 6.84. The highest BCUT2D eigenvalue weighted by molar-refractivity contribution is 7.80. The Hall–Kier alpha value is -1.44. The van der Waals surface area contributed by atoms with E-state index in [1.165, 1.54) is 12.1 Å². The van der Waals surface area contributed by atoms with Gasteiger partial charge in [-0.1, -0.05) is 0 Å². The average Bonchev–Trinajstić information content (AvgIpc) is 2.67. The van der Waals surface area contributed by atoms with Crippen molar-refractivity contribution in [1.82, 2.24) is 15.1 Å². The second kappa shape index (κ2) is 9.31. The summed E-state index contributed by atoms with van der Waals surface area (Å²) in [6.07, 6.45) is 1.09. The average molecular weight is 367 g/mol. The number of hydrogen-bond donors (Lipinski definition) is 1. The molecule has 0 saturated carbocycles. The van der Waals surface area contributed by atoms with E-state index in [0.717, 1.165) is 82.8 Å². The summed E-state index contributed by atoms with van der Waals surface area (Å²) in [5.41, 5.74) is 1.07. The molecule has 2 aliphatic heterocycles. The first-order chi connectivity index (χ1) is 12.2. The lowest BCUT2D eigenvalue weighted by Gasteiger charge is -2.37. The van der Waals surface area contributed by atoms with E-state index in [1.54, 1.807) is 0 Å². The van der Waals surface area contributed by atoms with Gasteiger partial charge in [-0.2, -0.15) is 0 Å². The van der Waals surface area contributed by atoms with Crippen LogP contribution in [0.3, 0.4) is 0 Å².